The molecule has 0 saturated heterocycles. The molecule has 1 amide bonds. The molecule has 0 spiro atoms. The average molecular weight is 143 g/mol. The lowest BCUT2D eigenvalue weighted by molar-refractivity contribution is -0.120. The molecule has 1 atom stereocenters. The molecule has 3 heteroatoms. The fourth-order valence-electron chi connectivity index (χ4n) is 0.286. The first kappa shape index (κ1) is 8.38. The molecule has 9 heavy (non-hydrogen) atoms. The van der Waals surface area contributed by atoms with Gasteiger partial charge in [-0.05, 0) is 6.92 Å². The molecule has 0 saturated carbocycles. The number of thiol groups is 1. The summed E-state index contributed by atoms with van der Waals surface area (Å²) in [6, 6.07) is 0. The Morgan fingerprint density at radius 1 is 2.00 bits per heavy atom. The van der Waals surface area contributed by atoms with Crippen LogP contribution in [-0.2, 0) is 4.79 Å². The second kappa shape index (κ2) is 4.28. The summed E-state index contributed by atoms with van der Waals surface area (Å²) in [5.74, 6) is 2.16. The number of carbonyl (C=O) groups is 1. The van der Waals surface area contributed by atoms with E-state index in [4.69, 9.17) is 6.42 Å². The van der Waals surface area contributed by atoms with Crippen molar-refractivity contribution in [2.75, 3.05) is 6.54 Å². The van der Waals surface area contributed by atoms with Gasteiger partial charge in [-0.25, -0.2) is 0 Å². The van der Waals surface area contributed by atoms with Crippen LogP contribution in [0.15, 0.2) is 0 Å². The standard InChI is InChI=1S/C6H9NOS/c1-3-4-7-6(8)5(2)9/h1,5,9H,4H2,2H3,(H,7,8). The van der Waals surface area contributed by atoms with E-state index in [9.17, 15) is 4.79 Å². The van der Waals surface area contributed by atoms with Crippen molar-refractivity contribution < 1.29 is 4.79 Å². The Balaban J connectivity index is 3.42. The molecule has 0 aliphatic rings. The van der Waals surface area contributed by atoms with Crippen LogP contribution in [0, 0.1) is 12.3 Å². The zero-order chi connectivity index (χ0) is 7.28. The van der Waals surface area contributed by atoms with Gasteiger partial charge in [0.1, 0.15) is 0 Å². The highest BCUT2D eigenvalue weighted by Gasteiger charge is 2.03. The normalized spacial score (nSPS) is 11.7. The molecule has 0 heterocycles. The van der Waals surface area contributed by atoms with Crippen LogP contribution in [0.5, 0.6) is 0 Å². The van der Waals surface area contributed by atoms with Gasteiger partial charge in [-0.3, -0.25) is 4.79 Å². The van der Waals surface area contributed by atoms with Gasteiger partial charge < -0.3 is 5.32 Å². The average Bonchev–Trinajstić information content (AvgIpc) is 1.82. The summed E-state index contributed by atoms with van der Waals surface area (Å²) >= 11 is 3.89. The van der Waals surface area contributed by atoms with E-state index in [0.29, 0.717) is 0 Å². The van der Waals surface area contributed by atoms with E-state index >= 15 is 0 Å². The zero-order valence-corrected chi connectivity index (χ0v) is 6.11. The van der Waals surface area contributed by atoms with E-state index in [1.54, 1.807) is 6.92 Å². The number of hydrogen-bond acceptors (Lipinski definition) is 2. The first-order valence-corrected chi connectivity index (χ1v) is 3.09. The number of nitrogens with one attached hydrogen (secondary N) is 1. The smallest absolute Gasteiger partial charge is 0.233 e. The lowest BCUT2D eigenvalue weighted by Crippen LogP contribution is -2.29. The molecule has 0 bridgehead atoms. The SMILES string of the molecule is C#CCNC(=O)C(C)S. The third-order valence-corrected chi connectivity index (χ3v) is 0.979. The van der Waals surface area contributed by atoms with Crippen LogP contribution in [0.2, 0.25) is 0 Å². The van der Waals surface area contributed by atoms with Crippen LogP contribution in [0.3, 0.4) is 0 Å². The van der Waals surface area contributed by atoms with Gasteiger partial charge in [0, 0.05) is 0 Å². The highest BCUT2D eigenvalue weighted by atomic mass is 32.1. The van der Waals surface area contributed by atoms with Gasteiger partial charge in [0.2, 0.25) is 5.91 Å². The molecule has 1 N–H and O–H groups in total. The van der Waals surface area contributed by atoms with Crippen LogP contribution < -0.4 is 5.32 Å². The van der Waals surface area contributed by atoms with Crippen LogP contribution in [0.4, 0.5) is 0 Å². The van der Waals surface area contributed by atoms with Gasteiger partial charge >= 0.3 is 0 Å². The predicted molar refractivity (Wildman–Crippen MR) is 40.3 cm³/mol. The van der Waals surface area contributed by atoms with Gasteiger partial charge in [0.15, 0.2) is 0 Å². The Morgan fingerprint density at radius 2 is 2.56 bits per heavy atom. The van der Waals surface area contributed by atoms with Crippen LogP contribution >= 0.6 is 12.6 Å². The maximum Gasteiger partial charge on any atom is 0.233 e. The van der Waals surface area contributed by atoms with E-state index in [1.807, 2.05) is 0 Å². The van der Waals surface area contributed by atoms with Crippen LogP contribution in [0.1, 0.15) is 6.92 Å². The maximum atomic E-state index is 10.6. The summed E-state index contributed by atoms with van der Waals surface area (Å²) in [6.07, 6.45) is 4.89. The van der Waals surface area contributed by atoms with Crippen molar-refractivity contribution >= 4 is 18.5 Å². The van der Waals surface area contributed by atoms with Crippen molar-refractivity contribution in [3.05, 3.63) is 0 Å². The minimum absolute atomic E-state index is 0.128. The fourth-order valence-corrected chi connectivity index (χ4v) is 0.377. The minimum Gasteiger partial charge on any atom is -0.344 e. The summed E-state index contributed by atoms with van der Waals surface area (Å²) in [5, 5.41) is 2.20. The topological polar surface area (TPSA) is 29.1 Å². The van der Waals surface area contributed by atoms with E-state index in [2.05, 4.69) is 23.9 Å². The molecule has 50 valence electrons. The first-order valence-electron chi connectivity index (χ1n) is 2.57. The third kappa shape index (κ3) is 3.92. The molecular formula is C6H9NOS. The molecule has 0 fully saturated rings. The minimum atomic E-state index is -0.279. The molecule has 0 rings (SSSR count). The predicted octanol–water partition coefficient (Wildman–Crippen LogP) is 0.0541. The maximum absolute atomic E-state index is 10.6. The highest BCUT2D eigenvalue weighted by molar-refractivity contribution is 7.81. The van der Waals surface area contributed by atoms with Gasteiger partial charge in [-0.2, -0.15) is 12.6 Å². The van der Waals surface area contributed by atoms with Crippen molar-refractivity contribution in [2.45, 2.75) is 12.2 Å². The lowest BCUT2D eigenvalue weighted by atomic mass is 10.4. The summed E-state index contributed by atoms with van der Waals surface area (Å²) in [7, 11) is 0. The van der Waals surface area contributed by atoms with Gasteiger partial charge in [0.05, 0.1) is 11.8 Å². The largest absolute Gasteiger partial charge is 0.344 e. The van der Waals surface area contributed by atoms with Gasteiger partial charge in [-0.15, -0.1) is 6.42 Å². The Bertz CT molecular complexity index is 136. The molecule has 0 aromatic heterocycles. The molecule has 2 nitrogen and oxygen atoms in total. The second-order valence-electron chi connectivity index (χ2n) is 1.60. The molecule has 1 unspecified atom stereocenters. The van der Waals surface area contributed by atoms with E-state index < -0.39 is 0 Å². The molecular weight excluding hydrogens is 134 g/mol. The Morgan fingerprint density at radius 3 is 2.89 bits per heavy atom. The van der Waals surface area contributed by atoms with Crippen molar-refractivity contribution in [3.8, 4) is 12.3 Å². The van der Waals surface area contributed by atoms with Gasteiger partial charge in [-0.1, -0.05) is 5.92 Å². The molecule has 0 aromatic carbocycles. The highest BCUT2D eigenvalue weighted by Crippen LogP contribution is 1.89. The van der Waals surface area contributed by atoms with Crippen molar-refractivity contribution in [2.24, 2.45) is 0 Å². The van der Waals surface area contributed by atoms with Crippen molar-refractivity contribution in [1.82, 2.24) is 5.32 Å². The number of hydrogen-bond donors (Lipinski definition) is 2. The Hall–Kier alpha value is -0.620. The van der Waals surface area contributed by atoms with Crippen LogP contribution in [0.25, 0.3) is 0 Å². The second-order valence-corrected chi connectivity index (χ2v) is 2.37. The van der Waals surface area contributed by atoms with E-state index in [0.717, 1.165) is 0 Å². The molecule has 0 radical (unpaired) electrons. The first-order chi connectivity index (χ1) is 4.18. The summed E-state index contributed by atoms with van der Waals surface area (Å²) < 4.78 is 0. The van der Waals surface area contributed by atoms with E-state index in [-0.39, 0.29) is 17.7 Å². The van der Waals surface area contributed by atoms with Crippen LogP contribution in [-0.4, -0.2) is 17.7 Å². The monoisotopic (exact) mass is 143 g/mol. The van der Waals surface area contributed by atoms with Crippen molar-refractivity contribution in [3.63, 3.8) is 0 Å². The number of terminal acetylenes is 1. The Kier molecular flexibility index (Phi) is 3.98. The fraction of sp³-hybridized carbons (Fsp3) is 0.500. The number of rotatable bonds is 2. The summed E-state index contributed by atoms with van der Waals surface area (Å²) in [4.78, 5) is 10.6. The third-order valence-electron chi connectivity index (χ3n) is 0.744. The summed E-state index contributed by atoms with van der Waals surface area (Å²) in [6.45, 7) is 1.97. The number of carbonyl (C=O) groups excluding carboxylic acids is 1. The Labute approximate surface area is 60.4 Å². The van der Waals surface area contributed by atoms with Gasteiger partial charge in [0.25, 0.3) is 0 Å². The number of amides is 1. The molecule has 0 aromatic rings. The van der Waals surface area contributed by atoms with E-state index in [1.165, 1.54) is 0 Å². The zero-order valence-electron chi connectivity index (χ0n) is 5.22. The summed E-state index contributed by atoms with van der Waals surface area (Å²) in [5.41, 5.74) is 0. The molecule has 0 aliphatic carbocycles. The molecule has 0 aliphatic heterocycles. The van der Waals surface area contributed by atoms with Crippen molar-refractivity contribution in [1.29, 1.82) is 0 Å². The quantitative estimate of drug-likeness (QED) is 0.415. The lowest BCUT2D eigenvalue weighted by Gasteiger charge is -2.01.